The Kier molecular flexibility index (Phi) is 3.56. The number of aromatic amines is 1. The average Bonchev–Trinajstić information content (AvgIpc) is 3.20. The second kappa shape index (κ2) is 5.62. The van der Waals surface area contributed by atoms with Gasteiger partial charge in [-0.25, -0.2) is 13.4 Å². The largest absolute Gasteiger partial charge is 0.497 e. The molecule has 24 heavy (non-hydrogen) atoms. The Bertz CT molecular complexity index is 976. The molecule has 7 nitrogen and oxygen atoms in total. The van der Waals surface area contributed by atoms with Gasteiger partial charge in [-0.1, -0.05) is 0 Å². The molecule has 4 rings (SSSR count). The molecule has 1 saturated heterocycles. The molecule has 0 spiro atoms. The van der Waals surface area contributed by atoms with Gasteiger partial charge in [-0.05, 0) is 31.0 Å². The number of imidazole rings is 1. The molecular formula is C16H18N4O3S. The van der Waals surface area contributed by atoms with Crippen LogP contribution in [-0.4, -0.2) is 46.8 Å². The quantitative estimate of drug-likeness (QED) is 0.785. The number of ether oxygens (including phenoxy) is 1. The van der Waals surface area contributed by atoms with Crippen molar-refractivity contribution in [2.45, 2.75) is 18.9 Å². The van der Waals surface area contributed by atoms with E-state index in [1.165, 1.54) is 0 Å². The van der Waals surface area contributed by atoms with E-state index in [1.54, 1.807) is 13.3 Å². The van der Waals surface area contributed by atoms with Gasteiger partial charge >= 0.3 is 0 Å². The van der Waals surface area contributed by atoms with Crippen molar-refractivity contribution in [2.24, 2.45) is 0 Å². The monoisotopic (exact) mass is 346 g/mol. The zero-order chi connectivity index (χ0) is 16.7. The summed E-state index contributed by atoms with van der Waals surface area (Å²) in [6.07, 6.45) is 4.85. The lowest BCUT2D eigenvalue weighted by molar-refractivity contribution is 0.415. The highest BCUT2D eigenvalue weighted by Crippen LogP contribution is 2.32. The Morgan fingerprint density at radius 2 is 2.08 bits per heavy atom. The van der Waals surface area contributed by atoms with Crippen molar-refractivity contribution in [3.8, 4) is 17.3 Å². The van der Waals surface area contributed by atoms with Crippen molar-refractivity contribution in [1.82, 2.24) is 19.7 Å². The lowest BCUT2D eigenvalue weighted by atomic mass is 10.1. The predicted octanol–water partition coefficient (Wildman–Crippen LogP) is 2.18. The Hall–Kier alpha value is -2.35. The van der Waals surface area contributed by atoms with Crippen molar-refractivity contribution in [3.05, 3.63) is 30.6 Å². The Morgan fingerprint density at radius 1 is 1.29 bits per heavy atom. The summed E-state index contributed by atoms with van der Waals surface area (Å²) in [7, 11) is -1.26. The number of hydrogen-bond acceptors (Lipinski definition) is 5. The Morgan fingerprint density at radius 3 is 2.83 bits per heavy atom. The fourth-order valence-electron chi connectivity index (χ4n) is 3.24. The number of fused-ring (bicyclic) bond motifs is 1. The SMILES string of the molecule is COc1ccc2[nH]nc(-c3nccn3C3CCS(=O)(=O)CC3)c2c1. The highest BCUT2D eigenvalue weighted by molar-refractivity contribution is 7.91. The number of nitrogens with zero attached hydrogens (tertiary/aromatic N) is 3. The van der Waals surface area contributed by atoms with Crippen LogP contribution in [-0.2, 0) is 9.84 Å². The first-order valence-corrected chi connectivity index (χ1v) is 9.65. The average molecular weight is 346 g/mol. The molecule has 0 aliphatic carbocycles. The van der Waals surface area contributed by atoms with Crippen LogP contribution >= 0.6 is 0 Å². The Labute approximate surface area is 139 Å². The highest BCUT2D eigenvalue weighted by atomic mass is 32.2. The van der Waals surface area contributed by atoms with Gasteiger partial charge in [-0.3, -0.25) is 5.10 Å². The molecule has 8 heteroatoms. The van der Waals surface area contributed by atoms with E-state index in [-0.39, 0.29) is 17.5 Å². The van der Waals surface area contributed by atoms with Crippen molar-refractivity contribution >= 4 is 20.7 Å². The van der Waals surface area contributed by atoms with E-state index in [1.807, 2.05) is 29.0 Å². The van der Waals surface area contributed by atoms with E-state index in [0.29, 0.717) is 12.8 Å². The van der Waals surface area contributed by atoms with Crippen LogP contribution in [0.1, 0.15) is 18.9 Å². The lowest BCUT2D eigenvalue weighted by Crippen LogP contribution is -2.25. The highest BCUT2D eigenvalue weighted by Gasteiger charge is 2.27. The lowest BCUT2D eigenvalue weighted by Gasteiger charge is -2.24. The van der Waals surface area contributed by atoms with Crippen molar-refractivity contribution in [1.29, 1.82) is 0 Å². The molecule has 0 bridgehead atoms. The van der Waals surface area contributed by atoms with Crippen LogP contribution in [0.4, 0.5) is 0 Å². The number of H-pyrrole nitrogens is 1. The second-order valence-corrected chi connectivity index (χ2v) is 8.33. The summed E-state index contributed by atoms with van der Waals surface area (Å²) in [6.45, 7) is 0. The van der Waals surface area contributed by atoms with Crippen LogP contribution in [0.2, 0.25) is 0 Å². The molecule has 1 N–H and O–H groups in total. The van der Waals surface area contributed by atoms with Gasteiger partial charge in [0.15, 0.2) is 5.82 Å². The third-order valence-corrected chi connectivity index (χ3v) is 6.28. The van der Waals surface area contributed by atoms with E-state index >= 15 is 0 Å². The summed E-state index contributed by atoms with van der Waals surface area (Å²) in [5, 5.41) is 8.37. The summed E-state index contributed by atoms with van der Waals surface area (Å²) in [5.41, 5.74) is 1.66. The maximum absolute atomic E-state index is 11.7. The fraction of sp³-hybridized carbons (Fsp3) is 0.375. The number of rotatable bonds is 3. The summed E-state index contributed by atoms with van der Waals surface area (Å²) in [6, 6.07) is 5.86. The van der Waals surface area contributed by atoms with Crippen LogP contribution in [0.5, 0.6) is 5.75 Å². The van der Waals surface area contributed by atoms with Crippen LogP contribution < -0.4 is 4.74 Å². The molecule has 0 saturated carbocycles. The van der Waals surface area contributed by atoms with Gasteiger partial charge in [-0.2, -0.15) is 5.10 Å². The van der Waals surface area contributed by atoms with E-state index < -0.39 is 9.84 Å². The topological polar surface area (TPSA) is 89.9 Å². The van der Waals surface area contributed by atoms with Crippen molar-refractivity contribution in [3.63, 3.8) is 0 Å². The Balaban J connectivity index is 1.75. The number of hydrogen-bond donors (Lipinski definition) is 1. The predicted molar refractivity (Wildman–Crippen MR) is 90.8 cm³/mol. The number of aromatic nitrogens is 4. The normalized spacial score (nSPS) is 18.0. The van der Waals surface area contributed by atoms with Crippen LogP contribution in [0, 0.1) is 0 Å². The van der Waals surface area contributed by atoms with Gasteiger partial charge in [0, 0.05) is 23.8 Å². The summed E-state index contributed by atoms with van der Waals surface area (Å²) < 4.78 is 30.7. The molecule has 0 unspecified atom stereocenters. The zero-order valence-corrected chi connectivity index (χ0v) is 14.1. The second-order valence-electron chi connectivity index (χ2n) is 6.02. The van der Waals surface area contributed by atoms with Gasteiger partial charge in [0.25, 0.3) is 0 Å². The molecule has 0 radical (unpaired) electrons. The molecule has 0 amide bonds. The summed E-state index contributed by atoms with van der Waals surface area (Å²) >= 11 is 0. The number of sulfone groups is 1. The summed E-state index contributed by atoms with van der Waals surface area (Å²) in [4.78, 5) is 4.47. The molecule has 1 aromatic carbocycles. The smallest absolute Gasteiger partial charge is 0.161 e. The van der Waals surface area contributed by atoms with Crippen molar-refractivity contribution < 1.29 is 13.2 Å². The van der Waals surface area contributed by atoms with E-state index in [9.17, 15) is 8.42 Å². The van der Waals surface area contributed by atoms with E-state index in [0.717, 1.165) is 28.2 Å². The third-order valence-electron chi connectivity index (χ3n) is 4.57. The van der Waals surface area contributed by atoms with E-state index in [4.69, 9.17) is 4.74 Å². The minimum Gasteiger partial charge on any atom is -0.497 e. The van der Waals surface area contributed by atoms with Crippen LogP contribution in [0.25, 0.3) is 22.4 Å². The number of benzene rings is 1. The van der Waals surface area contributed by atoms with Gasteiger partial charge in [0.05, 0.1) is 24.1 Å². The van der Waals surface area contributed by atoms with Gasteiger partial charge < -0.3 is 9.30 Å². The number of methoxy groups -OCH3 is 1. The molecule has 3 heterocycles. The van der Waals surface area contributed by atoms with Gasteiger partial charge in [0.2, 0.25) is 0 Å². The molecule has 1 aliphatic rings. The summed E-state index contributed by atoms with van der Waals surface area (Å²) in [5.74, 6) is 1.96. The molecule has 1 fully saturated rings. The molecule has 2 aromatic heterocycles. The molecule has 1 aliphatic heterocycles. The molecule has 3 aromatic rings. The molecule has 126 valence electrons. The maximum atomic E-state index is 11.7. The van der Waals surface area contributed by atoms with Crippen LogP contribution in [0.15, 0.2) is 30.6 Å². The minimum atomic E-state index is -2.89. The fourth-order valence-corrected chi connectivity index (χ4v) is 4.70. The third kappa shape index (κ3) is 2.56. The molecular weight excluding hydrogens is 328 g/mol. The minimum absolute atomic E-state index is 0.128. The van der Waals surface area contributed by atoms with Gasteiger partial charge in [-0.15, -0.1) is 0 Å². The first-order chi connectivity index (χ1) is 11.6. The molecule has 0 atom stereocenters. The standard InChI is InChI=1S/C16H18N4O3S/c1-23-12-2-3-14-13(10-12)15(19-18-14)16-17-6-7-20(16)11-4-8-24(21,22)9-5-11/h2-3,6-7,10-11H,4-5,8-9H2,1H3,(H,18,19). The van der Waals surface area contributed by atoms with E-state index in [2.05, 4.69) is 15.2 Å². The first kappa shape index (κ1) is 15.2. The zero-order valence-electron chi connectivity index (χ0n) is 13.3. The maximum Gasteiger partial charge on any atom is 0.161 e. The first-order valence-electron chi connectivity index (χ1n) is 7.83. The van der Waals surface area contributed by atoms with Crippen LogP contribution in [0.3, 0.4) is 0 Å². The van der Waals surface area contributed by atoms with Crippen molar-refractivity contribution in [2.75, 3.05) is 18.6 Å². The number of nitrogens with one attached hydrogen (secondary N) is 1. The van der Waals surface area contributed by atoms with Gasteiger partial charge in [0.1, 0.15) is 21.3 Å².